The molecule has 4 rings (SSSR count). The molecule has 2 N–H and O–H groups in total. The van der Waals surface area contributed by atoms with E-state index in [4.69, 9.17) is 0 Å². The number of thioether (sulfide) groups is 1. The van der Waals surface area contributed by atoms with Gasteiger partial charge < -0.3 is 5.32 Å². The number of nitrogens with zero attached hydrogens (tertiary/aromatic N) is 3. The number of hydrogen-bond donors (Lipinski definition) is 2. The number of anilines is 2. The first-order valence-electron chi connectivity index (χ1n) is 7.95. The Bertz CT molecular complexity index is 954. The molecule has 0 saturated heterocycles. The number of fused-ring (bicyclic) bond motifs is 1. The number of nitrogens with one attached hydrogen (secondary N) is 2. The second-order valence-corrected chi connectivity index (χ2v) is 7.95. The van der Waals surface area contributed by atoms with E-state index >= 15 is 0 Å². The molecule has 132 valence electrons. The number of thiophene rings is 1. The molecule has 2 amide bonds. The first-order valence-corrected chi connectivity index (χ1v) is 9.71. The van der Waals surface area contributed by atoms with Crippen molar-refractivity contribution in [3.63, 3.8) is 0 Å². The van der Waals surface area contributed by atoms with Crippen LogP contribution in [0.25, 0.3) is 10.7 Å². The number of para-hydroxylation sites is 2. The summed E-state index contributed by atoms with van der Waals surface area (Å²) < 4.78 is 0. The van der Waals surface area contributed by atoms with Crippen molar-refractivity contribution in [2.75, 3.05) is 16.8 Å². The summed E-state index contributed by atoms with van der Waals surface area (Å²) in [4.78, 5) is 31.8. The van der Waals surface area contributed by atoms with E-state index in [2.05, 4.69) is 20.5 Å². The Kier molecular flexibility index (Phi) is 4.48. The van der Waals surface area contributed by atoms with Gasteiger partial charge in [-0.2, -0.15) is 0 Å². The van der Waals surface area contributed by atoms with Gasteiger partial charge in [-0.1, -0.05) is 30.0 Å². The van der Waals surface area contributed by atoms with Gasteiger partial charge >= 0.3 is 0 Å². The van der Waals surface area contributed by atoms with Gasteiger partial charge in [-0.25, -0.2) is 4.98 Å². The molecule has 0 aliphatic carbocycles. The fraction of sp³-hybridized carbons (Fsp3) is 0.176. The van der Waals surface area contributed by atoms with Crippen LogP contribution in [0.1, 0.15) is 6.92 Å². The van der Waals surface area contributed by atoms with Crippen LogP contribution in [0.15, 0.2) is 46.9 Å². The van der Waals surface area contributed by atoms with Gasteiger partial charge in [-0.15, -0.1) is 16.4 Å². The van der Waals surface area contributed by atoms with Crippen LogP contribution in [0.4, 0.5) is 11.4 Å². The van der Waals surface area contributed by atoms with Gasteiger partial charge in [0.15, 0.2) is 5.82 Å². The molecular weight excluding hydrogens is 370 g/mol. The fourth-order valence-corrected chi connectivity index (χ4v) is 4.13. The summed E-state index contributed by atoms with van der Waals surface area (Å²) in [5.41, 5.74) is 1.35. The zero-order chi connectivity index (χ0) is 18.1. The highest BCUT2D eigenvalue weighted by Crippen LogP contribution is 2.32. The molecule has 0 bridgehead atoms. The molecule has 26 heavy (non-hydrogen) atoms. The van der Waals surface area contributed by atoms with E-state index < -0.39 is 5.25 Å². The smallest absolute Gasteiger partial charge is 0.244 e. The topological polar surface area (TPSA) is 91.0 Å². The molecule has 0 radical (unpaired) electrons. The number of hydrogen-bond acceptors (Lipinski definition) is 6. The lowest BCUT2D eigenvalue weighted by Gasteiger charge is -2.30. The minimum absolute atomic E-state index is 0.00911. The first-order chi connectivity index (χ1) is 12.6. The van der Waals surface area contributed by atoms with E-state index in [1.807, 2.05) is 35.7 Å². The van der Waals surface area contributed by atoms with Crippen molar-refractivity contribution in [2.45, 2.75) is 17.3 Å². The van der Waals surface area contributed by atoms with Gasteiger partial charge in [-0.3, -0.25) is 19.6 Å². The van der Waals surface area contributed by atoms with Crippen LogP contribution in [0, 0.1) is 0 Å². The number of rotatable bonds is 4. The summed E-state index contributed by atoms with van der Waals surface area (Å²) in [7, 11) is 0. The predicted octanol–water partition coefficient (Wildman–Crippen LogP) is 3.00. The molecule has 1 aromatic carbocycles. The summed E-state index contributed by atoms with van der Waals surface area (Å²) >= 11 is 2.83. The van der Waals surface area contributed by atoms with E-state index in [9.17, 15) is 9.59 Å². The van der Waals surface area contributed by atoms with Gasteiger partial charge in [-0.05, 0) is 30.5 Å². The molecule has 0 fully saturated rings. The molecule has 0 unspecified atom stereocenters. The van der Waals surface area contributed by atoms with E-state index in [0.717, 1.165) is 4.88 Å². The maximum absolute atomic E-state index is 12.9. The summed E-state index contributed by atoms with van der Waals surface area (Å²) in [6, 6.07) is 11.2. The minimum atomic E-state index is -0.430. The van der Waals surface area contributed by atoms with Crippen molar-refractivity contribution in [3.05, 3.63) is 41.8 Å². The normalized spacial score (nSPS) is 14.7. The minimum Gasteiger partial charge on any atom is -0.323 e. The number of H-pyrrole nitrogens is 1. The molecule has 7 nitrogen and oxygen atoms in total. The standard InChI is InChI=1S/C17H15N5O2S2/c1-10(26-17-19-15(20-21-17)13-7-4-8-25-13)16(24)22-9-14(23)18-11-5-2-3-6-12(11)22/h2-8,10H,9H2,1H3,(H,18,23)(H,19,20,21)/t10-/m1/s1. The van der Waals surface area contributed by atoms with Crippen LogP contribution in [-0.2, 0) is 9.59 Å². The zero-order valence-electron chi connectivity index (χ0n) is 13.8. The summed E-state index contributed by atoms with van der Waals surface area (Å²) in [5.74, 6) is 0.330. The van der Waals surface area contributed by atoms with Crippen molar-refractivity contribution >= 4 is 46.3 Å². The maximum atomic E-state index is 12.9. The zero-order valence-corrected chi connectivity index (χ0v) is 15.4. The fourth-order valence-electron chi connectivity index (χ4n) is 2.68. The van der Waals surface area contributed by atoms with Crippen molar-refractivity contribution < 1.29 is 9.59 Å². The van der Waals surface area contributed by atoms with Crippen LogP contribution in [0.2, 0.25) is 0 Å². The van der Waals surface area contributed by atoms with Gasteiger partial charge in [0.1, 0.15) is 6.54 Å². The van der Waals surface area contributed by atoms with Gasteiger partial charge in [0, 0.05) is 0 Å². The van der Waals surface area contributed by atoms with E-state index in [0.29, 0.717) is 22.4 Å². The molecule has 0 spiro atoms. The second kappa shape index (κ2) is 6.93. The molecule has 1 aliphatic heterocycles. The first kappa shape index (κ1) is 16.8. The number of aromatic amines is 1. The number of aromatic nitrogens is 3. The van der Waals surface area contributed by atoms with Gasteiger partial charge in [0.25, 0.3) is 0 Å². The van der Waals surface area contributed by atoms with Crippen LogP contribution in [0.5, 0.6) is 0 Å². The predicted molar refractivity (Wildman–Crippen MR) is 102 cm³/mol. The molecule has 9 heteroatoms. The van der Waals surface area contributed by atoms with E-state index in [1.54, 1.807) is 24.3 Å². The Balaban J connectivity index is 1.51. The Morgan fingerprint density at radius 3 is 2.96 bits per heavy atom. The third-order valence-corrected chi connectivity index (χ3v) is 5.71. The molecule has 0 saturated carbocycles. The van der Waals surface area contributed by atoms with Crippen LogP contribution in [0.3, 0.4) is 0 Å². The number of carbonyl (C=O) groups excluding carboxylic acids is 2. The highest BCUT2D eigenvalue weighted by Gasteiger charge is 2.30. The molecule has 1 atom stereocenters. The van der Waals surface area contributed by atoms with Gasteiger partial charge in [0.2, 0.25) is 17.0 Å². The Labute approximate surface area is 157 Å². The monoisotopic (exact) mass is 385 g/mol. The van der Waals surface area contributed by atoms with Crippen molar-refractivity contribution in [2.24, 2.45) is 0 Å². The Morgan fingerprint density at radius 2 is 2.15 bits per heavy atom. The van der Waals surface area contributed by atoms with Crippen molar-refractivity contribution in [3.8, 4) is 10.7 Å². The lowest BCUT2D eigenvalue weighted by atomic mass is 10.2. The largest absolute Gasteiger partial charge is 0.323 e. The lowest BCUT2D eigenvalue weighted by Crippen LogP contribution is -2.45. The van der Waals surface area contributed by atoms with Crippen LogP contribution < -0.4 is 10.2 Å². The van der Waals surface area contributed by atoms with Crippen molar-refractivity contribution in [1.82, 2.24) is 15.2 Å². The van der Waals surface area contributed by atoms with Crippen molar-refractivity contribution in [1.29, 1.82) is 0 Å². The average molecular weight is 385 g/mol. The molecular formula is C17H15N5O2S2. The number of benzene rings is 1. The lowest BCUT2D eigenvalue weighted by molar-refractivity contribution is -0.121. The number of amides is 2. The third-order valence-electron chi connectivity index (χ3n) is 3.89. The SMILES string of the molecule is C[C@@H](Sc1n[nH]c(-c2cccs2)n1)C(=O)N1CC(=O)Nc2ccccc21. The van der Waals surface area contributed by atoms with E-state index in [1.165, 1.54) is 16.7 Å². The third kappa shape index (κ3) is 3.23. The summed E-state index contributed by atoms with van der Waals surface area (Å²) in [6.45, 7) is 1.80. The number of carbonyl (C=O) groups is 2. The average Bonchev–Trinajstić information content (AvgIpc) is 3.31. The molecule has 1 aliphatic rings. The van der Waals surface area contributed by atoms with Gasteiger partial charge in [0.05, 0.1) is 21.5 Å². The highest BCUT2D eigenvalue weighted by atomic mass is 32.2. The van der Waals surface area contributed by atoms with Crippen LogP contribution in [-0.4, -0.2) is 38.8 Å². The Hall–Kier alpha value is -2.65. The molecule has 3 aromatic rings. The second-order valence-electron chi connectivity index (χ2n) is 5.69. The Morgan fingerprint density at radius 1 is 1.31 bits per heavy atom. The van der Waals surface area contributed by atoms with E-state index in [-0.39, 0.29) is 18.4 Å². The maximum Gasteiger partial charge on any atom is 0.244 e. The molecule has 2 aromatic heterocycles. The summed E-state index contributed by atoms with van der Waals surface area (Å²) in [5, 5.41) is 11.9. The highest BCUT2D eigenvalue weighted by molar-refractivity contribution is 8.00. The molecule has 3 heterocycles. The quantitative estimate of drug-likeness (QED) is 0.674. The van der Waals surface area contributed by atoms with Crippen LogP contribution >= 0.6 is 23.1 Å². The summed E-state index contributed by atoms with van der Waals surface area (Å²) in [6.07, 6.45) is 0.